The number of aliphatic imine (C=N–C) groups is 1. The van der Waals surface area contributed by atoms with Crippen LogP contribution in [0.1, 0.15) is 27.7 Å². The van der Waals surface area contributed by atoms with E-state index >= 15 is 0 Å². The van der Waals surface area contributed by atoms with Crippen molar-refractivity contribution < 1.29 is 0 Å². The van der Waals surface area contributed by atoms with E-state index in [9.17, 15) is 4.79 Å². The first-order valence-corrected chi connectivity index (χ1v) is 11.7. The molecule has 5 heterocycles. The molecule has 0 atom stereocenters. The van der Waals surface area contributed by atoms with Gasteiger partial charge in [0.1, 0.15) is 23.9 Å². The van der Waals surface area contributed by atoms with E-state index < -0.39 is 0 Å². The van der Waals surface area contributed by atoms with Crippen LogP contribution >= 0.6 is 22.9 Å². The third-order valence-corrected chi connectivity index (χ3v) is 6.86. The Labute approximate surface area is 202 Å². The number of hydrogen-bond donors (Lipinski definition) is 0. The lowest BCUT2D eigenvalue weighted by atomic mass is 10.0. The number of nitrogens with zero attached hydrogens (tertiary/aromatic N) is 7. The van der Waals surface area contributed by atoms with E-state index in [1.165, 1.54) is 20.4 Å². The number of fused-ring (bicyclic) bond motifs is 4. The van der Waals surface area contributed by atoms with Crippen LogP contribution in [0.4, 0.5) is 0 Å². The summed E-state index contributed by atoms with van der Waals surface area (Å²) in [5.74, 6) is 7.82. The predicted octanol–water partition coefficient (Wildman–Crippen LogP) is 3.50. The molecule has 0 saturated carbocycles. The van der Waals surface area contributed by atoms with Crippen molar-refractivity contribution in [2.45, 2.75) is 20.0 Å². The van der Waals surface area contributed by atoms with Gasteiger partial charge >= 0.3 is 5.69 Å². The molecule has 5 aromatic rings. The third-order valence-electron chi connectivity index (χ3n) is 5.50. The molecule has 166 valence electrons. The molecule has 0 radical (unpaired) electrons. The zero-order chi connectivity index (χ0) is 23.2. The summed E-state index contributed by atoms with van der Waals surface area (Å²) in [6.07, 6.45) is 1.69. The van der Waals surface area contributed by atoms with Gasteiger partial charge in [-0.25, -0.2) is 9.48 Å². The lowest BCUT2D eigenvalue weighted by molar-refractivity contribution is 0.684. The number of pyridine rings is 1. The molecule has 0 amide bonds. The molecule has 0 saturated heterocycles. The molecule has 1 aliphatic heterocycles. The molecule has 1 aromatic carbocycles. The monoisotopic (exact) mass is 485 g/mol. The summed E-state index contributed by atoms with van der Waals surface area (Å²) in [4.78, 5) is 18.2. The summed E-state index contributed by atoms with van der Waals surface area (Å²) in [5.41, 5.74) is 2.95. The highest BCUT2D eigenvalue weighted by Gasteiger charge is 2.25. The zero-order valence-corrected chi connectivity index (χ0v) is 19.5. The van der Waals surface area contributed by atoms with Gasteiger partial charge in [0.05, 0.1) is 10.6 Å². The zero-order valence-electron chi connectivity index (χ0n) is 17.9. The average molecular weight is 486 g/mol. The van der Waals surface area contributed by atoms with Crippen LogP contribution in [0.15, 0.2) is 64.5 Å². The fourth-order valence-corrected chi connectivity index (χ4v) is 5.27. The fraction of sp³-hybridized carbons (Fsp3) is 0.125. The molecule has 4 aromatic heterocycles. The standard InChI is InChI=1S/C24H16ClN7OS/c1-15-27-28-21-14-26-22(17-8-2-3-9-19(17)25)18-13-16(34-23(18)32(15)21)7-6-12-31-24(33)30-11-5-4-10-20(30)29-31/h2-5,8-11,13H,12,14H2,1H3. The van der Waals surface area contributed by atoms with Gasteiger partial charge in [-0.05, 0) is 31.2 Å². The van der Waals surface area contributed by atoms with Crippen molar-refractivity contribution in [3.63, 3.8) is 0 Å². The quantitative estimate of drug-likeness (QED) is 0.358. The normalized spacial score (nSPS) is 12.5. The Balaban J connectivity index is 1.42. The van der Waals surface area contributed by atoms with Gasteiger partial charge in [0.15, 0.2) is 11.5 Å². The molecular formula is C24H16ClN7OS. The summed E-state index contributed by atoms with van der Waals surface area (Å²) in [7, 11) is 0. The van der Waals surface area contributed by atoms with Crippen LogP contribution in [-0.4, -0.2) is 34.7 Å². The van der Waals surface area contributed by atoms with Crippen molar-refractivity contribution in [3.8, 4) is 16.8 Å². The maximum absolute atomic E-state index is 12.5. The van der Waals surface area contributed by atoms with E-state index in [4.69, 9.17) is 16.6 Å². The van der Waals surface area contributed by atoms with Crippen LogP contribution in [0.2, 0.25) is 5.02 Å². The van der Waals surface area contributed by atoms with E-state index in [-0.39, 0.29) is 12.2 Å². The van der Waals surface area contributed by atoms with Crippen LogP contribution < -0.4 is 5.69 Å². The Morgan fingerprint density at radius 3 is 2.82 bits per heavy atom. The van der Waals surface area contributed by atoms with Gasteiger partial charge in [-0.3, -0.25) is 14.0 Å². The average Bonchev–Trinajstić information content (AvgIpc) is 3.48. The first-order chi connectivity index (χ1) is 16.6. The van der Waals surface area contributed by atoms with Gasteiger partial charge in [0.25, 0.3) is 0 Å². The van der Waals surface area contributed by atoms with Crippen molar-refractivity contribution in [3.05, 3.63) is 97.9 Å². The van der Waals surface area contributed by atoms with Crippen LogP contribution in [0.3, 0.4) is 0 Å². The van der Waals surface area contributed by atoms with E-state index in [0.717, 1.165) is 38.4 Å². The second kappa shape index (κ2) is 8.09. The Morgan fingerprint density at radius 2 is 1.97 bits per heavy atom. The predicted molar refractivity (Wildman–Crippen MR) is 131 cm³/mol. The number of halogens is 1. The number of thiophene rings is 1. The van der Waals surface area contributed by atoms with Crippen molar-refractivity contribution in [1.82, 2.24) is 28.9 Å². The smallest absolute Gasteiger partial charge is 0.276 e. The SMILES string of the molecule is Cc1nnc2n1-c1sc(C#CCn3nc4ccccn4c3=O)cc1C(c1ccccc1Cl)=NC2. The van der Waals surface area contributed by atoms with Crippen LogP contribution in [-0.2, 0) is 13.1 Å². The van der Waals surface area contributed by atoms with Gasteiger partial charge in [0.2, 0.25) is 0 Å². The van der Waals surface area contributed by atoms with Crippen molar-refractivity contribution >= 4 is 34.3 Å². The summed E-state index contributed by atoms with van der Waals surface area (Å²) < 4.78 is 4.88. The first-order valence-electron chi connectivity index (χ1n) is 10.5. The minimum Gasteiger partial charge on any atom is -0.276 e. The molecule has 0 spiro atoms. The Hall–Kier alpha value is -4.00. The largest absolute Gasteiger partial charge is 0.351 e. The Kier molecular flexibility index (Phi) is 4.90. The highest BCUT2D eigenvalue weighted by molar-refractivity contribution is 7.15. The minimum atomic E-state index is -0.218. The molecule has 0 fully saturated rings. The molecular weight excluding hydrogens is 470 g/mol. The Morgan fingerprint density at radius 1 is 1.12 bits per heavy atom. The third kappa shape index (κ3) is 3.36. The van der Waals surface area contributed by atoms with Crippen molar-refractivity contribution in [2.24, 2.45) is 4.99 Å². The summed E-state index contributed by atoms with van der Waals surface area (Å²) in [6.45, 7) is 2.51. The topological polar surface area (TPSA) is 82.4 Å². The molecule has 0 N–H and O–H groups in total. The number of aromatic nitrogens is 6. The molecule has 8 nitrogen and oxygen atoms in total. The van der Waals surface area contributed by atoms with Gasteiger partial charge in [-0.1, -0.05) is 47.7 Å². The van der Waals surface area contributed by atoms with Crippen molar-refractivity contribution in [1.29, 1.82) is 0 Å². The molecule has 1 aliphatic rings. The van der Waals surface area contributed by atoms with Gasteiger partial charge in [-0.2, -0.15) is 0 Å². The van der Waals surface area contributed by atoms with Gasteiger partial charge in [0, 0.05) is 22.3 Å². The molecule has 34 heavy (non-hydrogen) atoms. The maximum atomic E-state index is 12.5. The maximum Gasteiger partial charge on any atom is 0.351 e. The molecule has 0 bridgehead atoms. The molecule has 0 aliphatic carbocycles. The number of benzene rings is 1. The highest BCUT2D eigenvalue weighted by atomic mass is 35.5. The fourth-order valence-electron chi connectivity index (χ4n) is 3.94. The molecule has 6 rings (SSSR count). The number of aryl methyl sites for hydroxylation is 1. The second-order valence-electron chi connectivity index (χ2n) is 7.64. The Bertz CT molecular complexity index is 1730. The van der Waals surface area contributed by atoms with Crippen LogP contribution in [0.25, 0.3) is 10.6 Å². The minimum absolute atomic E-state index is 0.186. The van der Waals surface area contributed by atoms with Crippen molar-refractivity contribution in [2.75, 3.05) is 0 Å². The lowest BCUT2D eigenvalue weighted by Gasteiger charge is -2.08. The van der Waals surface area contributed by atoms with E-state index in [1.807, 2.05) is 47.9 Å². The summed E-state index contributed by atoms with van der Waals surface area (Å²) in [5, 5.41) is 14.4. The lowest BCUT2D eigenvalue weighted by Crippen LogP contribution is -2.20. The summed E-state index contributed by atoms with van der Waals surface area (Å²) >= 11 is 8.05. The number of rotatable bonds is 2. The van der Waals surface area contributed by atoms with E-state index in [0.29, 0.717) is 17.2 Å². The molecule has 0 unspecified atom stereocenters. The van der Waals surface area contributed by atoms with Gasteiger partial charge in [-0.15, -0.1) is 26.6 Å². The van der Waals surface area contributed by atoms with E-state index in [2.05, 4.69) is 27.1 Å². The first kappa shape index (κ1) is 20.6. The number of hydrogen-bond acceptors (Lipinski definition) is 6. The highest BCUT2D eigenvalue weighted by Crippen LogP contribution is 2.34. The molecule has 10 heteroatoms. The summed E-state index contributed by atoms with van der Waals surface area (Å²) in [6, 6.07) is 15.1. The second-order valence-corrected chi connectivity index (χ2v) is 9.08. The van der Waals surface area contributed by atoms with Crippen LogP contribution in [0, 0.1) is 18.8 Å². The van der Waals surface area contributed by atoms with Crippen LogP contribution in [0.5, 0.6) is 0 Å². The van der Waals surface area contributed by atoms with Gasteiger partial charge < -0.3 is 0 Å². The van der Waals surface area contributed by atoms with E-state index in [1.54, 1.807) is 18.3 Å².